The predicted molar refractivity (Wildman–Crippen MR) is 87.8 cm³/mol. The third kappa shape index (κ3) is 3.38. The number of anilines is 2. The zero-order valence-corrected chi connectivity index (χ0v) is 13.2. The van der Waals surface area contributed by atoms with Crippen LogP contribution in [0, 0.1) is 5.82 Å². The average Bonchev–Trinajstić information content (AvgIpc) is 2.98. The molecule has 0 bridgehead atoms. The van der Waals surface area contributed by atoms with Crippen LogP contribution in [0.25, 0.3) is 0 Å². The van der Waals surface area contributed by atoms with Crippen molar-refractivity contribution in [1.82, 2.24) is 9.97 Å². The zero-order valence-electron chi connectivity index (χ0n) is 12.5. The first-order valence-corrected chi connectivity index (χ1v) is 7.90. The van der Waals surface area contributed by atoms with Gasteiger partial charge in [0.2, 0.25) is 0 Å². The summed E-state index contributed by atoms with van der Waals surface area (Å²) in [5, 5.41) is 10.8. The molecule has 0 unspecified atom stereocenters. The second-order valence-corrected chi connectivity index (χ2v) is 6.07. The molecule has 0 saturated carbocycles. The number of benzene rings is 1. The number of nitrogens with two attached hydrogens (primary N) is 1. The molecule has 2 aromatic rings. The molecule has 1 aromatic heterocycles. The van der Waals surface area contributed by atoms with E-state index in [-0.39, 0.29) is 17.7 Å². The highest BCUT2D eigenvalue weighted by Crippen LogP contribution is 2.35. The SMILES string of the molecule is Nc1ncnc(N2CCC[C@H]2C[C@H](O)c2ccc(F)cc2)c1Cl. The number of rotatable bonds is 4. The molecule has 0 amide bonds. The molecule has 1 aromatic carbocycles. The Balaban J connectivity index is 1.76. The van der Waals surface area contributed by atoms with Crippen molar-refractivity contribution in [3.63, 3.8) is 0 Å². The van der Waals surface area contributed by atoms with Crippen molar-refractivity contribution in [3.8, 4) is 0 Å². The van der Waals surface area contributed by atoms with Gasteiger partial charge in [0, 0.05) is 12.6 Å². The number of halogens is 2. The minimum Gasteiger partial charge on any atom is -0.388 e. The van der Waals surface area contributed by atoms with Crippen molar-refractivity contribution in [3.05, 3.63) is 47.0 Å². The highest BCUT2D eigenvalue weighted by molar-refractivity contribution is 6.35. The Morgan fingerprint density at radius 2 is 2.09 bits per heavy atom. The Labute approximate surface area is 138 Å². The van der Waals surface area contributed by atoms with E-state index in [4.69, 9.17) is 17.3 Å². The maximum atomic E-state index is 13.0. The van der Waals surface area contributed by atoms with Gasteiger partial charge in [-0.05, 0) is 37.0 Å². The van der Waals surface area contributed by atoms with Gasteiger partial charge in [-0.1, -0.05) is 23.7 Å². The molecule has 2 atom stereocenters. The summed E-state index contributed by atoms with van der Waals surface area (Å²) in [4.78, 5) is 10.2. The fraction of sp³-hybridized carbons (Fsp3) is 0.375. The van der Waals surface area contributed by atoms with Crippen LogP contribution in [0.5, 0.6) is 0 Å². The number of hydrogen-bond donors (Lipinski definition) is 2. The van der Waals surface area contributed by atoms with E-state index < -0.39 is 6.10 Å². The monoisotopic (exact) mass is 336 g/mol. The number of nitrogen functional groups attached to an aromatic ring is 1. The van der Waals surface area contributed by atoms with Gasteiger partial charge in [0.05, 0.1) is 6.10 Å². The fourth-order valence-corrected chi connectivity index (χ4v) is 3.22. The molecule has 0 radical (unpaired) electrons. The van der Waals surface area contributed by atoms with Crippen LogP contribution in [0.2, 0.25) is 5.02 Å². The first-order chi connectivity index (χ1) is 11.1. The standard InChI is InChI=1S/C16H18ClFN4O/c17-14-15(19)20-9-21-16(14)22-7-1-2-12(22)8-13(23)10-3-5-11(18)6-4-10/h3-6,9,12-13,23H,1-2,7-8H2,(H2,19,20,21)/t12-,13-/m0/s1. The van der Waals surface area contributed by atoms with E-state index in [9.17, 15) is 9.50 Å². The number of nitrogens with zero attached hydrogens (tertiary/aromatic N) is 3. The van der Waals surface area contributed by atoms with Crippen LogP contribution in [0.1, 0.15) is 30.9 Å². The topological polar surface area (TPSA) is 75.3 Å². The van der Waals surface area contributed by atoms with Gasteiger partial charge in [-0.3, -0.25) is 0 Å². The molecule has 3 N–H and O–H groups in total. The van der Waals surface area contributed by atoms with Gasteiger partial charge in [-0.2, -0.15) is 0 Å². The Hall–Kier alpha value is -1.92. The van der Waals surface area contributed by atoms with E-state index in [1.807, 2.05) is 0 Å². The smallest absolute Gasteiger partial charge is 0.153 e. The Morgan fingerprint density at radius 1 is 1.35 bits per heavy atom. The van der Waals surface area contributed by atoms with Crippen molar-refractivity contribution >= 4 is 23.2 Å². The summed E-state index contributed by atoms with van der Waals surface area (Å²) in [6.07, 6.45) is 3.16. The van der Waals surface area contributed by atoms with Crippen LogP contribution in [-0.2, 0) is 0 Å². The molecule has 7 heteroatoms. The molecule has 1 aliphatic rings. The second kappa shape index (κ2) is 6.68. The highest BCUT2D eigenvalue weighted by atomic mass is 35.5. The van der Waals surface area contributed by atoms with Gasteiger partial charge >= 0.3 is 0 Å². The second-order valence-electron chi connectivity index (χ2n) is 5.69. The van der Waals surface area contributed by atoms with E-state index >= 15 is 0 Å². The first kappa shape index (κ1) is 16.0. The molecule has 1 aliphatic heterocycles. The lowest BCUT2D eigenvalue weighted by molar-refractivity contribution is 0.158. The molecule has 3 rings (SSSR count). The summed E-state index contributed by atoms with van der Waals surface area (Å²) in [5.41, 5.74) is 6.45. The largest absolute Gasteiger partial charge is 0.388 e. The molecule has 5 nitrogen and oxygen atoms in total. The minimum absolute atomic E-state index is 0.0989. The maximum Gasteiger partial charge on any atom is 0.153 e. The molecule has 1 saturated heterocycles. The lowest BCUT2D eigenvalue weighted by atomic mass is 10.0. The van der Waals surface area contributed by atoms with Crippen LogP contribution in [0.4, 0.5) is 16.0 Å². The third-order valence-electron chi connectivity index (χ3n) is 4.20. The molecular weight excluding hydrogens is 319 g/mol. The predicted octanol–water partition coefficient (Wildman–Crippen LogP) is 2.94. The average molecular weight is 337 g/mol. The van der Waals surface area contributed by atoms with Gasteiger partial charge in [0.25, 0.3) is 0 Å². The number of aliphatic hydroxyl groups excluding tert-OH is 1. The highest BCUT2D eigenvalue weighted by Gasteiger charge is 2.30. The van der Waals surface area contributed by atoms with Gasteiger partial charge in [-0.15, -0.1) is 0 Å². The van der Waals surface area contributed by atoms with Crippen LogP contribution >= 0.6 is 11.6 Å². The van der Waals surface area contributed by atoms with E-state index in [2.05, 4.69) is 14.9 Å². The van der Waals surface area contributed by atoms with Crippen molar-refractivity contribution in [2.75, 3.05) is 17.2 Å². The molecule has 0 spiro atoms. The first-order valence-electron chi connectivity index (χ1n) is 7.52. The van der Waals surface area contributed by atoms with E-state index in [0.29, 0.717) is 22.8 Å². The minimum atomic E-state index is -0.667. The van der Waals surface area contributed by atoms with Gasteiger partial charge in [-0.25, -0.2) is 14.4 Å². The molecule has 122 valence electrons. The van der Waals surface area contributed by atoms with E-state index in [0.717, 1.165) is 19.4 Å². The van der Waals surface area contributed by atoms with Crippen molar-refractivity contribution in [2.24, 2.45) is 0 Å². The summed E-state index contributed by atoms with van der Waals surface area (Å²) in [6.45, 7) is 0.803. The van der Waals surface area contributed by atoms with Crippen LogP contribution in [0.15, 0.2) is 30.6 Å². The van der Waals surface area contributed by atoms with Gasteiger partial charge in [0.15, 0.2) is 5.82 Å². The van der Waals surface area contributed by atoms with Gasteiger partial charge < -0.3 is 15.7 Å². The molecule has 23 heavy (non-hydrogen) atoms. The zero-order chi connectivity index (χ0) is 16.4. The maximum absolute atomic E-state index is 13.0. The summed E-state index contributed by atoms with van der Waals surface area (Å²) in [6, 6.07) is 6.02. The number of aromatic nitrogens is 2. The molecular formula is C16H18ClFN4O. The van der Waals surface area contributed by atoms with Gasteiger partial charge in [0.1, 0.15) is 23.0 Å². The Kier molecular flexibility index (Phi) is 4.63. The summed E-state index contributed by atoms with van der Waals surface area (Å²) in [5.74, 6) is 0.543. The Morgan fingerprint density at radius 3 is 2.83 bits per heavy atom. The Bertz CT molecular complexity index is 682. The van der Waals surface area contributed by atoms with Crippen molar-refractivity contribution < 1.29 is 9.50 Å². The van der Waals surface area contributed by atoms with E-state index in [1.54, 1.807) is 12.1 Å². The summed E-state index contributed by atoms with van der Waals surface area (Å²) in [7, 11) is 0. The number of aliphatic hydroxyl groups is 1. The van der Waals surface area contributed by atoms with Crippen molar-refractivity contribution in [1.29, 1.82) is 0 Å². The molecule has 2 heterocycles. The normalized spacial score (nSPS) is 19.1. The fourth-order valence-electron chi connectivity index (χ4n) is 3.01. The summed E-state index contributed by atoms with van der Waals surface area (Å²) < 4.78 is 13.0. The third-order valence-corrected chi connectivity index (χ3v) is 4.56. The van der Waals surface area contributed by atoms with Crippen molar-refractivity contribution in [2.45, 2.75) is 31.4 Å². The quantitative estimate of drug-likeness (QED) is 0.897. The van der Waals surface area contributed by atoms with Crippen LogP contribution < -0.4 is 10.6 Å². The van der Waals surface area contributed by atoms with Crippen LogP contribution in [0.3, 0.4) is 0 Å². The van der Waals surface area contributed by atoms with Crippen LogP contribution in [-0.4, -0.2) is 27.7 Å². The van der Waals surface area contributed by atoms with E-state index in [1.165, 1.54) is 18.5 Å². The molecule has 0 aliphatic carbocycles. The summed E-state index contributed by atoms with van der Waals surface area (Å²) >= 11 is 6.21. The lowest BCUT2D eigenvalue weighted by Crippen LogP contribution is -2.32. The number of hydrogen-bond acceptors (Lipinski definition) is 5. The lowest BCUT2D eigenvalue weighted by Gasteiger charge is -2.28. The molecule has 1 fully saturated rings.